The number of hydrogen-bond acceptors (Lipinski definition) is 2. The third-order valence-corrected chi connectivity index (χ3v) is 3.19. The number of fused-ring (bicyclic) bond motifs is 1. The van der Waals surface area contributed by atoms with E-state index in [1.807, 2.05) is 67.6 Å². The predicted octanol–water partition coefficient (Wildman–Crippen LogP) is 3.80. The van der Waals surface area contributed by atoms with Crippen LogP contribution in [0.5, 0.6) is 0 Å². The summed E-state index contributed by atoms with van der Waals surface area (Å²) in [5, 5.41) is 3.92. The molecule has 0 bridgehead atoms. The Bertz CT molecular complexity index is 766. The van der Waals surface area contributed by atoms with Gasteiger partial charge in [-0.2, -0.15) is 0 Å². The van der Waals surface area contributed by atoms with E-state index in [2.05, 4.69) is 10.3 Å². The monoisotopic (exact) mass is 262 g/mol. The van der Waals surface area contributed by atoms with Gasteiger partial charge in [-0.15, -0.1) is 0 Å². The Labute approximate surface area is 117 Å². The van der Waals surface area contributed by atoms with Gasteiger partial charge in [-0.25, -0.2) is 4.98 Å². The van der Waals surface area contributed by atoms with Gasteiger partial charge < -0.3 is 5.32 Å². The molecule has 2 aromatic carbocycles. The highest BCUT2D eigenvalue weighted by Gasteiger charge is 2.10. The van der Waals surface area contributed by atoms with Crippen LogP contribution in [0.1, 0.15) is 16.1 Å². The quantitative estimate of drug-likeness (QED) is 0.763. The van der Waals surface area contributed by atoms with Gasteiger partial charge in [0.25, 0.3) is 5.91 Å². The Hall–Kier alpha value is -2.68. The number of carbonyl (C=O) groups is 1. The molecule has 20 heavy (non-hydrogen) atoms. The van der Waals surface area contributed by atoms with Gasteiger partial charge in [-0.05, 0) is 36.8 Å². The van der Waals surface area contributed by atoms with E-state index in [4.69, 9.17) is 0 Å². The van der Waals surface area contributed by atoms with Crippen LogP contribution >= 0.6 is 0 Å². The lowest BCUT2D eigenvalue weighted by molar-refractivity contribution is 0.102. The molecular weight excluding hydrogens is 248 g/mol. The number of anilines is 1. The van der Waals surface area contributed by atoms with Gasteiger partial charge in [0.1, 0.15) is 5.69 Å². The van der Waals surface area contributed by atoms with E-state index in [1.165, 1.54) is 0 Å². The first kappa shape index (κ1) is 12.4. The first-order chi connectivity index (χ1) is 9.74. The van der Waals surface area contributed by atoms with Gasteiger partial charge in [-0.3, -0.25) is 4.79 Å². The summed E-state index contributed by atoms with van der Waals surface area (Å²) in [6.07, 6.45) is 0. The molecule has 0 aliphatic heterocycles. The molecule has 0 aliphatic carbocycles. The molecule has 1 amide bonds. The van der Waals surface area contributed by atoms with Crippen LogP contribution in [0.15, 0.2) is 60.7 Å². The molecule has 0 saturated heterocycles. The molecule has 0 aliphatic rings. The number of nitrogens with one attached hydrogen (secondary N) is 1. The number of hydrogen-bond donors (Lipinski definition) is 1. The van der Waals surface area contributed by atoms with Crippen LogP contribution in [0.2, 0.25) is 0 Å². The van der Waals surface area contributed by atoms with Crippen molar-refractivity contribution in [1.29, 1.82) is 0 Å². The average molecular weight is 262 g/mol. The van der Waals surface area contributed by atoms with Crippen molar-refractivity contribution in [1.82, 2.24) is 4.98 Å². The van der Waals surface area contributed by atoms with Gasteiger partial charge in [0.2, 0.25) is 0 Å². The topological polar surface area (TPSA) is 42.0 Å². The van der Waals surface area contributed by atoms with E-state index < -0.39 is 0 Å². The van der Waals surface area contributed by atoms with Crippen molar-refractivity contribution in [2.24, 2.45) is 0 Å². The Balaban J connectivity index is 1.96. The molecule has 3 aromatic rings. The first-order valence-corrected chi connectivity index (χ1v) is 6.47. The number of para-hydroxylation sites is 2. The summed E-state index contributed by atoms with van der Waals surface area (Å²) < 4.78 is 0. The van der Waals surface area contributed by atoms with Crippen LogP contribution in [0.25, 0.3) is 10.9 Å². The van der Waals surface area contributed by atoms with Crippen molar-refractivity contribution in [3.05, 3.63) is 71.9 Å². The number of aryl methyl sites for hydroxylation is 1. The molecule has 3 nitrogen and oxygen atoms in total. The second-order valence-corrected chi connectivity index (χ2v) is 4.66. The minimum absolute atomic E-state index is 0.190. The first-order valence-electron chi connectivity index (χ1n) is 6.47. The van der Waals surface area contributed by atoms with E-state index in [0.29, 0.717) is 5.69 Å². The Morgan fingerprint density at radius 2 is 1.70 bits per heavy atom. The molecule has 98 valence electrons. The van der Waals surface area contributed by atoms with E-state index in [0.717, 1.165) is 22.2 Å². The number of benzene rings is 2. The lowest BCUT2D eigenvalue weighted by Gasteiger charge is -2.07. The summed E-state index contributed by atoms with van der Waals surface area (Å²) in [6.45, 7) is 1.99. The number of rotatable bonds is 2. The molecule has 0 saturated carbocycles. The van der Waals surface area contributed by atoms with Crippen molar-refractivity contribution in [3.63, 3.8) is 0 Å². The van der Waals surface area contributed by atoms with Crippen LogP contribution < -0.4 is 5.32 Å². The maximum Gasteiger partial charge on any atom is 0.274 e. The Kier molecular flexibility index (Phi) is 3.17. The fourth-order valence-electron chi connectivity index (χ4n) is 2.18. The van der Waals surface area contributed by atoms with Crippen LogP contribution in [0.4, 0.5) is 5.69 Å². The van der Waals surface area contributed by atoms with Gasteiger partial charge in [0.05, 0.1) is 5.52 Å². The number of carbonyl (C=O) groups excluding carboxylic acids is 1. The minimum Gasteiger partial charge on any atom is -0.321 e. The zero-order chi connectivity index (χ0) is 13.9. The molecule has 3 heteroatoms. The highest BCUT2D eigenvalue weighted by Crippen LogP contribution is 2.18. The molecule has 1 heterocycles. The second-order valence-electron chi connectivity index (χ2n) is 4.66. The number of aromatic nitrogens is 1. The third-order valence-electron chi connectivity index (χ3n) is 3.19. The van der Waals surface area contributed by atoms with E-state index in [9.17, 15) is 4.79 Å². The maximum atomic E-state index is 12.2. The van der Waals surface area contributed by atoms with Gasteiger partial charge >= 0.3 is 0 Å². The fraction of sp³-hybridized carbons (Fsp3) is 0.0588. The fourth-order valence-corrected chi connectivity index (χ4v) is 2.18. The molecule has 1 N–H and O–H groups in total. The number of nitrogens with zero attached hydrogens (tertiary/aromatic N) is 1. The van der Waals surface area contributed by atoms with Crippen LogP contribution in [0, 0.1) is 6.92 Å². The maximum absolute atomic E-state index is 12.2. The zero-order valence-electron chi connectivity index (χ0n) is 11.1. The van der Waals surface area contributed by atoms with Crippen LogP contribution in [0.3, 0.4) is 0 Å². The predicted molar refractivity (Wildman–Crippen MR) is 80.9 cm³/mol. The van der Waals surface area contributed by atoms with Crippen molar-refractivity contribution < 1.29 is 4.79 Å². The lowest BCUT2D eigenvalue weighted by atomic mass is 10.1. The summed E-state index contributed by atoms with van der Waals surface area (Å²) in [5.41, 5.74) is 3.09. The van der Waals surface area contributed by atoms with E-state index in [-0.39, 0.29) is 5.91 Å². The van der Waals surface area contributed by atoms with Gasteiger partial charge in [0.15, 0.2) is 0 Å². The van der Waals surface area contributed by atoms with Crippen LogP contribution in [-0.4, -0.2) is 10.9 Å². The SMILES string of the molecule is Cc1cc(C(=O)Nc2ccccc2)nc2ccccc12. The highest BCUT2D eigenvalue weighted by atomic mass is 16.1. The molecule has 0 radical (unpaired) electrons. The molecule has 0 fully saturated rings. The largest absolute Gasteiger partial charge is 0.321 e. The van der Waals surface area contributed by atoms with Crippen molar-refractivity contribution in [3.8, 4) is 0 Å². The summed E-state index contributed by atoms with van der Waals surface area (Å²) in [7, 11) is 0. The van der Waals surface area contributed by atoms with Gasteiger partial charge in [-0.1, -0.05) is 36.4 Å². The molecule has 0 atom stereocenters. The standard InChI is InChI=1S/C17H14N2O/c1-12-11-16(19-15-10-6-5-9-14(12)15)17(20)18-13-7-3-2-4-8-13/h2-11H,1H3,(H,18,20). The summed E-state index contributed by atoms with van der Waals surface area (Å²) >= 11 is 0. The Morgan fingerprint density at radius 3 is 2.50 bits per heavy atom. The van der Waals surface area contributed by atoms with Crippen molar-refractivity contribution in [2.75, 3.05) is 5.32 Å². The Morgan fingerprint density at radius 1 is 1.00 bits per heavy atom. The molecule has 0 unspecified atom stereocenters. The van der Waals surface area contributed by atoms with E-state index >= 15 is 0 Å². The number of pyridine rings is 1. The molecular formula is C17H14N2O. The second kappa shape index (κ2) is 5.13. The van der Waals surface area contributed by atoms with E-state index in [1.54, 1.807) is 0 Å². The summed E-state index contributed by atoms with van der Waals surface area (Å²) in [6, 6.07) is 19.0. The summed E-state index contributed by atoms with van der Waals surface area (Å²) in [5.74, 6) is -0.190. The molecule has 0 spiro atoms. The van der Waals surface area contributed by atoms with Crippen molar-refractivity contribution >= 4 is 22.5 Å². The van der Waals surface area contributed by atoms with Crippen LogP contribution in [-0.2, 0) is 0 Å². The zero-order valence-corrected chi connectivity index (χ0v) is 11.1. The average Bonchev–Trinajstić information content (AvgIpc) is 2.48. The summed E-state index contributed by atoms with van der Waals surface area (Å²) in [4.78, 5) is 16.7. The molecule has 1 aromatic heterocycles. The van der Waals surface area contributed by atoms with Crippen molar-refractivity contribution in [2.45, 2.75) is 6.92 Å². The lowest BCUT2D eigenvalue weighted by Crippen LogP contribution is -2.14. The van der Waals surface area contributed by atoms with Gasteiger partial charge in [0, 0.05) is 11.1 Å². The minimum atomic E-state index is -0.190. The molecule has 3 rings (SSSR count). The normalized spacial score (nSPS) is 10.4. The smallest absolute Gasteiger partial charge is 0.274 e. The highest BCUT2D eigenvalue weighted by molar-refractivity contribution is 6.04. The number of amides is 1. The third kappa shape index (κ3) is 2.38.